The molecule has 1 heterocycles. The fraction of sp³-hybridized carbons (Fsp3) is 0.735. The van der Waals surface area contributed by atoms with E-state index in [4.69, 9.17) is 5.73 Å². The van der Waals surface area contributed by atoms with Crippen LogP contribution in [0.1, 0.15) is 94.2 Å². The van der Waals surface area contributed by atoms with Crippen molar-refractivity contribution in [1.82, 2.24) is 26.3 Å². The van der Waals surface area contributed by atoms with E-state index in [9.17, 15) is 24.3 Å². The maximum absolute atomic E-state index is 13.7. The highest BCUT2D eigenvalue weighted by molar-refractivity contribution is 5.92. The van der Waals surface area contributed by atoms with Crippen LogP contribution in [-0.4, -0.2) is 64.0 Å². The summed E-state index contributed by atoms with van der Waals surface area (Å²) in [4.78, 5) is 57.4. The molecule has 0 radical (unpaired) electrons. The molecule has 11 heteroatoms. The molecule has 1 rings (SSSR count). The molecular weight excluding hydrogens is 572 g/mol. The van der Waals surface area contributed by atoms with Gasteiger partial charge in [-0.25, -0.2) is 0 Å². The van der Waals surface area contributed by atoms with E-state index in [2.05, 4.69) is 26.3 Å². The fourth-order valence-corrected chi connectivity index (χ4v) is 5.04. The van der Waals surface area contributed by atoms with Gasteiger partial charge in [0.05, 0.1) is 30.4 Å². The number of nitrogens with two attached hydrogens (primary N) is 1. The van der Waals surface area contributed by atoms with Crippen molar-refractivity contribution in [2.75, 3.05) is 0 Å². The Morgan fingerprint density at radius 3 is 1.89 bits per heavy atom. The molecule has 7 atom stereocenters. The molecule has 0 aliphatic carbocycles. The highest BCUT2D eigenvalue weighted by atomic mass is 16.3. The first-order valence-corrected chi connectivity index (χ1v) is 16.5. The SMILES string of the molecule is CCC(C)[C@H](NC(=O)[C@@H](NC(=O)[C@H](C[C@H](O)[C@H](CC(C)C)NC(=O)[C@@H](N)C(C)C)C(C)C)C(C)C)C(=O)NCc1ccccn1. The number of rotatable bonds is 19. The maximum atomic E-state index is 13.7. The number of pyridine rings is 1. The summed E-state index contributed by atoms with van der Waals surface area (Å²) in [5, 5.41) is 22.8. The molecule has 0 aromatic carbocycles. The third-order valence-corrected chi connectivity index (χ3v) is 8.39. The Balaban J connectivity index is 3.07. The van der Waals surface area contributed by atoms with Crippen LogP contribution >= 0.6 is 0 Å². The van der Waals surface area contributed by atoms with Crippen molar-refractivity contribution in [3.63, 3.8) is 0 Å². The van der Waals surface area contributed by atoms with Gasteiger partial charge < -0.3 is 32.1 Å². The van der Waals surface area contributed by atoms with Gasteiger partial charge in [0.15, 0.2) is 0 Å². The molecule has 0 fully saturated rings. The van der Waals surface area contributed by atoms with E-state index in [1.165, 1.54) is 0 Å². The molecule has 0 saturated carbocycles. The van der Waals surface area contributed by atoms with E-state index in [1.54, 1.807) is 12.3 Å². The van der Waals surface area contributed by atoms with Crippen molar-refractivity contribution < 1.29 is 24.3 Å². The van der Waals surface area contributed by atoms with Crippen molar-refractivity contribution in [2.45, 2.75) is 125 Å². The summed E-state index contributed by atoms with van der Waals surface area (Å²) in [5.74, 6) is -2.59. The molecule has 1 unspecified atom stereocenters. The van der Waals surface area contributed by atoms with E-state index in [-0.39, 0.29) is 60.3 Å². The number of aliphatic hydroxyl groups excluding tert-OH is 1. The first-order chi connectivity index (χ1) is 21.0. The van der Waals surface area contributed by atoms with Gasteiger partial charge >= 0.3 is 0 Å². The number of hydrogen-bond donors (Lipinski definition) is 6. The van der Waals surface area contributed by atoms with E-state index in [1.807, 2.05) is 81.4 Å². The Morgan fingerprint density at radius 1 is 0.778 bits per heavy atom. The maximum Gasteiger partial charge on any atom is 0.243 e. The van der Waals surface area contributed by atoms with E-state index in [0.29, 0.717) is 18.5 Å². The van der Waals surface area contributed by atoms with Crippen LogP contribution in [0.2, 0.25) is 0 Å². The molecular formula is C34H60N6O5. The summed E-state index contributed by atoms with van der Waals surface area (Å²) in [7, 11) is 0. The first kappa shape index (κ1) is 40.0. The zero-order valence-electron chi connectivity index (χ0n) is 29.1. The molecule has 1 aromatic rings. The molecule has 4 amide bonds. The van der Waals surface area contributed by atoms with Crippen molar-refractivity contribution in [3.05, 3.63) is 30.1 Å². The second kappa shape index (κ2) is 19.5. The minimum absolute atomic E-state index is 0.0676. The summed E-state index contributed by atoms with van der Waals surface area (Å²) in [5.41, 5.74) is 6.75. The number of hydrogen-bond acceptors (Lipinski definition) is 7. The van der Waals surface area contributed by atoms with Crippen LogP contribution in [0.15, 0.2) is 24.4 Å². The summed E-state index contributed by atoms with van der Waals surface area (Å²) < 4.78 is 0. The largest absolute Gasteiger partial charge is 0.391 e. The highest BCUT2D eigenvalue weighted by Crippen LogP contribution is 2.23. The average molecular weight is 633 g/mol. The van der Waals surface area contributed by atoms with Crippen molar-refractivity contribution in [3.8, 4) is 0 Å². The lowest BCUT2D eigenvalue weighted by molar-refractivity contribution is -0.136. The Bertz CT molecular complexity index is 1060. The summed E-state index contributed by atoms with van der Waals surface area (Å²) in [6, 6.07) is 2.45. The lowest BCUT2D eigenvalue weighted by Crippen LogP contribution is -2.58. The number of carbonyl (C=O) groups excluding carboxylic acids is 4. The Morgan fingerprint density at radius 2 is 1.40 bits per heavy atom. The van der Waals surface area contributed by atoms with Gasteiger partial charge in [0.1, 0.15) is 12.1 Å². The Hall–Kier alpha value is -3.05. The molecule has 45 heavy (non-hydrogen) atoms. The van der Waals surface area contributed by atoms with Gasteiger partial charge in [0, 0.05) is 12.1 Å². The molecule has 0 bridgehead atoms. The van der Waals surface area contributed by atoms with Gasteiger partial charge in [-0.15, -0.1) is 0 Å². The van der Waals surface area contributed by atoms with Crippen LogP contribution < -0.4 is 27.0 Å². The van der Waals surface area contributed by atoms with Gasteiger partial charge in [-0.2, -0.15) is 0 Å². The predicted molar refractivity (Wildman–Crippen MR) is 177 cm³/mol. The Kier molecular flexibility index (Phi) is 17.3. The number of aromatic nitrogens is 1. The topological polar surface area (TPSA) is 176 Å². The highest BCUT2D eigenvalue weighted by Gasteiger charge is 2.35. The zero-order chi connectivity index (χ0) is 34.4. The van der Waals surface area contributed by atoms with Crippen LogP contribution in [0.4, 0.5) is 0 Å². The molecule has 0 aliphatic heterocycles. The van der Waals surface area contributed by atoms with Crippen LogP contribution in [0.5, 0.6) is 0 Å². The zero-order valence-corrected chi connectivity index (χ0v) is 29.1. The van der Waals surface area contributed by atoms with E-state index < -0.39 is 42.1 Å². The monoisotopic (exact) mass is 632 g/mol. The number of nitrogens with one attached hydrogen (secondary N) is 4. The molecule has 11 nitrogen and oxygen atoms in total. The van der Waals surface area contributed by atoms with Crippen LogP contribution in [0, 0.1) is 35.5 Å². The smallest absolute Gasteiger partial charge is 0.243 e. The minimum atomic E-state index is -1.00. The van der Waals surface area contributed by atoms with Gasteiger partial charge in [0.2, 0.25) is 23.6 Å². The average Bonchev–Trinajstić information content (AvgIpc) is 2.98. The number of nitrogens with zero attached hydrogens (tertiary/aromatic N) is 1. The van der Waals surface area contributed by atoms with Gasteiger partial charge in [-0.05, 0) is 54.6 Å². The van der Waals surface area contributed by atoms with Crippen molar-refractivity contribution in [2.24, 2.45) is 41.2 Å². The van der Waals surface area contributed by atoms with Crippen LogP contribution in [0.25, 0.3) is 0 Å². The minimum Gasteiger partial charge on any atom is -0.391 e. The lowest BCUT2D eigenvalue weighted by Gasteiger charge is -2.32. The quantitative estimate of drug-likeness (QED) is 0.136. The second-order valence-electron chi connectivity index (χ2n) is 13.8. The normalized spacial score (nSPS) is 16.4. The standard InChI is InChI=1S/C34H60N6O5/c1-11-23(10)30(33(44)37-18-24-14-12-13-15-36-24)40-34(45)29(22(8)9)39-31(42)25(20(4)5)17-27(41)26(16-19(2)3)38-32(43)28(35)21(6)7/h12-15,19-23,25-30,41H,11,16-18,35H2,1-10H3,(H,37,44)(H,38,43)(H,39,42)(H,40,45)/t23?,25-,26+,27+,28+,29+,30+/m1/s1. The molecule has 7 N–H and O–H groups in total. The molecule has 0 spiro atoms. The van der Waals surface area contributed by atoms with Gasteiger partial charge in [-0.1, -0.05) is 81.7 Å². The molecule has 1 aromatic heterocycles. The van der Waals surface area contributed by atoms with Crippen LogP contribution in [0.3, 0.4) is 0 Å². The predicted octanol–water partition coefficient (Wildman–Crippen LogP) is 2.91. The number of amides is 4. The fourth-order valence-electron chi connectivity index (χ4n) is 5.04. The third-order valence-electron chi connectivity index (χ3n) is 8.39. The third kappa shape index (κ3) is 13.5. The number of aliphatic hydroxyl groups is 1. The summed E-state index contributed by atoms with van der Waals surface area (Å²) in [6.45, 7) is 19.2. The Labute approximate surface area is 270 Å². The molecule has 0 saturated heterocycles. The van der Waals surface area contributed by atoms with E-state index in [0.717, 1.165) is 0 Å². The molecule has 256 valence electrons. The number of carbonyl (C=O) groups is 4. The summed E-state index contributed by atoms with van der Waals surface area (Å²) in [6.07, 6.45) is 1.91. The van der Waals surface area contributed by atoms with Crippen LogP contribution in [-0.2, 0) is 25.7 Å². The lowest BCUT2D eigenvalue weighted by atomic mass is 9.85. The first-order valence-electron chi connectivity index (χ1n) is 16.5. The van der Waals surface area contributed by atoms with Gasteiger partial charge in [-0.3, -0.25) is 24.2 Å². The van der Waals surface area contributed by atoms with Crippen molar-refractivity contribution in [1.29, 1.82) is 0 Å². The molecule has 0 aliphatic rings. The second-order valence-corrected chi connectivity index (χ2v) is 13.8. The summed E-state index contributed by atoms with van der Waals surface area (Å²) >= 11 is 0. The van der Waals surface area contributed by atoms with Gasteiger partial charge in [0.25, 0.3) is 0 Å². The van der Waals surface area contributed by atoms with Crippen molar-refractivity contribution >= 4 is 23.6 Å². The van der Waals surface area contributed by atoms with E-state index >= 15 is 0 Å².